The van der Waals surface area contributed by atoms with Crippen LogP contribution in [0.5, 0.6) is 5.75 Å². The molecule has 0 bridgehead atoms. The summed E-state index contributed by atoms with van der Waals surface area (Å²) < 4.78 is 6.95. The van der Waals surface area contributed by atoms with Crippen LogP contribution in [0, 0.1) is 0 Å². The minimum atomic E-state index is -0.595. The number of nitrogens with zero attached hydrogens (tertiary/aromatic N) is 3. The van der Waals surface area contributed by atoms with Gasteiger partial charge in [-0.2, -0.15) is 0 Å². The lowest BCUT2D eigenvalue weighted by Crippen LogP contribution is -2.50. The Labute approximate surface area is 183 Å². The maximum absolute atomic E-state index is 13.2. The first-order valence-corrected chi connectivity index (χ1v) is 10.9. The third-order valence-electron chi connectivity index (χ3n) is 6.21. The number of aromatic nitrogens is 1. The molecule has 0 radical (unpaired) electrons. The standard InChI is InChI=1S/C22H27N4O4P/c1-3-5-7-14(4-2)10-23-21(28)16-12-24-13-17-25-9-6-8-15(25)11-26(17)22(29)18(24)20(30-31)19(16)27/h3-5,7,12,15,17H,2,6,8-11,13,31H2,1H3,(H,23,28)/b5-3-,14-7+/t15-,17-/m0/s1. The molecule has 2 amide bonds. The Balaban J connectivity index is 1.65. The van der Waals surface area contributed by atoms with Crippen molar-refractivity contribution in [3.8, 4) is 5.75 Å². The molecule has 2 fully saturated rings. The summed E-state index contributed by atoms with van der Waals surface area (Å²) in [5.41, 5.74) is 0.369. The highest BCUT2D eigenvalue weighted by Crippen LogP contribution is 2.35. The van der Waals surface area contributed by atoms with E-state index in [1.54, 1.807) is 10.6 Å². The van der Waals surface area contributed by atoms with Crippen LogP contribution in [-0.2, 0) is 6.54 Å². The fourth-order valence-electron chi connectivity index (χ4n) is 4.68. The molecule has 1 aromatic rings. The van der Waals surface area contributed by atoms with Crippen LogP contribution in [-0.4, -0.2) is 58.0 Å². The molecule has 2 saturated heterocycles. The fraction of sp³-hybridized carbons (Fsp3) is 0.409. The van der Waals surface area contributed by atoms with Gasteiger partial charge in [-0.3, -0.25) is 19.3 Å². The van der Waals surface area contributed by atoms with Gasteiger partial charge in [-0.25, -0.2) is 0 Å². The van der Waals surface area contributed by atoms with Crippen LogP contribution < -0.4 is 15.3 Å². The van der Waals surface area contributed by atoms with Crippen molar-refractivity contribution in [1.29, 1.82) is 0 Å². The van der Waals surface area contributed by atoms with Gasteiger partial charge in [-0.1, -0.05) is 30.9 Å². The lowest BCUT2D eigenvalue weighted by molar-refractivity contribution is 0.0516. The Kier molecular flexibility index (Phi) is 6.12. The molecular weight excluding hydrogens is 415 g/mol. The van der Waals surface area contributed by atoms with Gasteiger partial charge < -0.3 is 19.3 Å². The van der Waals surface area contributed by atoms with Crippen molar-refractivity contribution < 1.29 is 14.1 Å². The largest absolute Gasteiger partial charge is 0.474 e. The first kappa shape index (κ1) is 21.5. The van der Waals surface area contributed by atoms with Crippen LogP contribution in [0.25, 0.3) is 0 Å². The number of pyridine rings is 1. The number of fused-ring (bicyclic) bond motifs is 4. The highest BCUT2D eigenvalue weighted by Gasteiger charge is 2.48. The smallest absolute Gasteiger partial charge is 0.275 e. The van der Waals surface area contributed by atoms with E-state index in [1.807, 2.05) is 39.5 Å². The molecule has 1 unspecified atom stereocenters. The molecule has 0 spiro atoms. The van der Waals surface area contributed by atoms with Gasteiger partial charge in [0, 0.05) is 31.9 Å². The van der Waals surface area contributed by atoms with Crippen molar-refractivity contribution in [1.82, 2.24) is 19.7 Å². The molecule has 0 aliphatic carbocycles. The molecule has 164 valence electrons. The van der Waals surface area contributed by atoms with Gasteiger partial charge in [0.15, 0.2) is 11.4 Å². The zero-order valence-electron chi connectivity index (χ0n) is 17.5. The number of nitrogens with one attached hydrogen (secondary N) is 1. The van der Waals surface area contributed by atoms with Gasteiger partial charge in [0.2, 0.25) is 5.43 Å². The molecule has 1 N–H and O–H groups in total. The zero-order valence-corrected chi connectivity index (χ0v) is 18.7. The van der Waals surface area contributed by atoms with E-state index >= 15 is 0 Å². The van der Waals surface area contributed by atoms with E-state index in [-0.39, 0.29) is 35.6 Å². The minimum Gasteiger partial charge on any atom is -0.474 e. The molecular formula is C22H27N4O4P. The summed E-state index contributed by atoms with van der Waals surface area (Å²) in [4.78, 5) is 43.2. The second-order valence-electron chi connectivity index (χ2n) is 7.95. The van der Waals surface area contributed by atoms with Crippen LogP contribution in [0.2, 0.25) is 0 Å². The Morgan fingerprint density at radius 2 is 2.19 bits per heavy atom. The summed E-state index contributed by atoms with van der Waals surface area (Å²) in [5.74, 6) is -0.853. The highest BCUT2D eigenvalue weighted by molar-refractivity contribution is 7.10. The van der Waals surface area contributed by atoms with E-state index in [0.29, 0.717) is 19.1 Å². The van der Waals surface area contributed by atoms with Crippen molar-refractivity contribution in [2.75, 3.05) is 19.6 Å². The summed E-state index contributed by atoms with van der Waals surface area (Å²) in [6.45, 7) is 7.99. The first-order chi connectivity index (χ1) is 15.0. The van der Waals surface area contributed by atoms with Crippen LogP contribution >= 0.6 is 9.47 Å². The molecule has 0 aromatic carbocycles. The Hall–Kier alpha value is -2.70. The minimum absolute atomic E-state index is 0.0483. The van der Waals surface area contributed by atoms with Crippen molar-refractivity contribution in [2.24, 2.45) is 0 Å². The predicted octanol–water partition coefficient (Wildman–Crippen LogP) is 1.70. The van der Waals surface area contributed by atoms with Gasteiger partial charge in [-0.15, -0.1) is 0 Å². The summed E-state index contributed by atoms with van der Waals surface area (Å²) in [5, 5.41) is 2.76. The van der Waals surface area contributed by atoms with Gasteiger partial charge in [0.25, 0.3) is 11.8 Å². The van der Waals surface area contributed by atoms with Crippen molar-refractivity contribution >= 4 is 21.3 Å². The predicted molar refractivity (Wildman–Crippen MR) is 121 cm³/mol. The van der Waals surface area contributed by atoms with Gasteiger partial charge >= 0.3 is 0 Å². The summed E-state index contributed by atoms with van der Waals surface area (Å²) in [6, 6.07) is 0.361. The van der Waals surface area contributed by atoms with Crippen LogP contribution in [0.3, 0.4) is 0 Å². The molecule has 4 heterocycles. The monoisotopic (exact) mass is 442 g/mol. The van der Waals surface area contributed by atoms with E-state index < -0.39 is 11.3 Å². The number of hydrogen-bond acceptors (Lipinski definition) is 5. The number of rotatable bonds is 6. The first-order valence-electron chi connectivity index (χ1n) is 10.4. The van der Waals surface area contributed by atoms with Crippen LogP contribution in [0.4, 0.5) is 0 Å². The van der Waals surface area contributed by atoms with Gasteiger partial charge in [0.1, 0.15) is 11.7 Å². The molecule has 3 atom stereocenters. The normalized spacial score (nSPS) is 23.0. The number of allylic oxidation sites excluding steroid dienone is 3. The van der Waals surface area contributed by atoms with Crippen molar-refractivity contribution in [3.63, 3.8) is 0 Å². The number of carbonyl (C=O) groups excluding carboxylic acids is 2. The second-order valence-corrected chi connectivity index (χ2v) is 8.18. The molecule has 1 aromatic heterocycles. The van der Waals surface area contributed by atoms with Crippen molar-refractivity contribution in [3.05, 3.63) is 64.1 Å². The molecule has 31 heavy (non-hydrogen) atoms. The molecule has 3 aliphatic heterocycles. The SMILES string of the molecule is C=C/C(=C\C=C/C)CNC(=O)c1cn2c(c(OP)c1=O)C(=O)N1C[C@@H]3CCCN3[C@@H]1C2. The zero-order chi connectivity index (χ0) is 22.1. The molecule has 0 saturated carbocycles. The average Bonchev–Trinajstić information content (AvgIpc) is 3.36. The molecule has 4 rings (SSSR count). The number of amides is 2. The number of hydrogen-bond donors (Lipinski definition) is 1. The van der Waals surface area contributed by atoms with Crippen LogP contribution in [0.15, 0.2) is 47.4 Å². The molecule has 8 nitrogen and oxygen atoms in total. The quantitative estimate of drug-likeness (QED) is 0.536. The third kappa shape index (κ3) is 3.75. The molecule has 9 heteroatoms. The fourth-order valence-corrected chi connectivity index (χ4v) is 4.90. The van der Waals surface area contributed by atoms with E-state index in [1.165, 1.54) is 6.20 Å². The van der Waals surface area contributed by atoms with Gasteiger partial charge in [-0.05, 0) is 25.3 Å². The van der Waals surface area contributed by atoms with Gasteiger partial charge in [0.05, 0.1) is 16.0 Å². The van der Waals surface area contributed by atoms with E-state index in [9.17, 15) is 14.4 Å². The Bertz CT molecular complexity index is 1040. The topological polar surface area (TPSA) is 83.9 Å². The van der Waals surface area contributed by atoms with E-state index in [0.717, 1.165) is 25.0 Å². The third-order valence-corrected chi connectivity index (χ3v) is 6.45. The van der Waals surface area contributed by atoms with Crippen molar-refractivity contribution in [2.45, 2.75) is 38.5 Å². The van der Waals surface area contributed by atoms with E-state index in [4.69, 9.17) is 4.52 Å². The van der Waals surface area contributed by atoms with Crippen LogP contribution in [0.1, 0.15) is 40.6 Å². The second kappa shape index (κ2) is 8.81. The van der Waals surface area contributed by atoms with E-state index in [2.05, 4.69) is 16.8 Å². The summed E-state index contributed by atoms with van der Waals surface area (Å²) >= 11 is 0. The maximum atomic E-state index is 13.2. The maximum Gasteiger partial charge on any atom is 0.275 e. The summed E-state index contributed by atoms with van der Waals surface area (Å²) in [6.07, 6.45) is 10.8. The Morgan fingerprint density at radius 1 is 1.39 bits per heavy atom. The lowest BCUT2D eigenvalue weighted by atomic mass is 10.1. The molecule has 3 aliphatic rings. The number of carbonyl (C=O) groups is 2. The summed E-state index contributed by atoms with van der Waals surface area (Å²) in [7, 11) is 2.03. The lowest BCUT2D eigenvalue weighted by Gasteiger charge is -2.36. The Morgan fingerprint density at radius 3 is 2.90 bits per heavy atom. The average molecular weight is 442 g/mol. The highest BCUT2D eigenvalue weighted by atomic mass is 31.0.